The van der Waals surface area contributed by atoms with Crippen LogP contribution in [0.2, 0.25) is 0 Å². The first kappa shape index (κ1) is 25.6. The summed E-state index contributed by atoms with van der Waals surface area (Å²) in [4.78, 5) is 18.6. The van der Waals surface area contributed by atoms with Crippen molar-refractivity contribution in [3.8, 4) is 5.75 Å². The Morgan fingerprint density at radius 2 is 1.86 bits per heavy atom. The lowest BCUT2D eigenvalue weighted by atomic mass is 10.00. The van der Waals surface area contributed by atoms with Gasteiger partial charge in [0.25, 0.3) is 5.56 Å². The number of methoxy groups -OCH3 is 1. The van der Waals surface area contributed by atoms with E-state index in [1.54, 1.807) is 7.11 Å². The molecule has 1 N–H and O–H groups in total. The number of fused-ring (bicyclic) bond motifs is 1. The largest absolute Gasteiger partial charge is 0.497 e. The standard InChI is InChI=1S/C28H36N6O2/c1-6-11-25(26-30-31-32-34(26)28(3,4)7-2)33(18-20-12-9-8-10-13-20)19-22-16-21-14-15-23(36-5)17-24(21)29-27(22)35/h8-10,12-17,25H,6-7,11,18-19H2,1-5H3,(H,29,35). The van der Waals surface area contributed by atoms with E-state index < -0.39 is 0 Å². The van der Waals surface area contributed by atoms with Crippen molar-refractivity contribution in [2.24, 2.45) is 0 Å². The smallest absolute Gasteiger partial charge is 0.252 e. The second-order valence-corrected chi connectivity index (χ2v) is 9.89. The molecular formula is C28H36N6O2. The number of pyridine rings is 1. The molecule has 0 saturated carbocycles. The lowest BCUT2D eigenvalue weighted by molar-refractivity contribution is 0.145. The molecule has 0 aliphatic rings. The molecule has 0 radical (unpaired) electrons. The minimum absolute atomic E-state index is 0.0537. The van der Waals surface area contributed by atoms with Gasteiger partial charge in [0.1, 0.15) is 5.75 Å². The molecule has 8 nitrogen and oxygen atoms in total. The molecule has 36 heavy (non-hydrogen) atoms. The molecule has 2 aromatic carbocycles. The van der Waals surface area contributed by atoms with Gasteiger partial charge in [0, 0.05) is 24.7 Å². The third-order valence-electron chi connectivity index (χ3n) is 6.97. The Morgan fingerprint density at radius 3 is 2.56 bits per heavy atom. The summed E-state index contributed by atoms with van der Waals surface area (Å²) in [6.07, 6.45) is 2.73. The highest BCUT2D eigenvalue weighted by Crippen LogP contribution is 2.31. The van der Waals surface area contributed by atoms with E-state index in [4.69, 9.17) is 4.74 Å². The summed E-state index contributed by atoms with van der Waals surface area (Å²) >= 11 is 0. The van der Waals surface area contributed by atoms with E-state index in [0.29, 0.717) is 24.4 Å². The minimum atomic E-state index is -0.220. The Balaban J connectivity index is 1.78. The van der Waals surface area contributed by atoms with Crippen LogP contribution in [-0.2, 0) is 18.6 Å². The summed E-state index contributed by atoms with van der Waals surface area (Å²) in [5.41, 5.74) is 2.32. The third-order valence-corrected chi connectivity index (χ3v) is 6.97. The van der Waals surface area contributed by atoms with E-state index in [1.807, 2.05) is 47.1 Å². The predicted octanol–water partition coefficient (Wildman–Crippen LogP) is 5.21. The van der Waals surface area contributed by atoms with Crippen LogP contribution in [0.25, 0.3) is 10.9 Å². The fourth-order valence-corrected chi connectivity index (χ4v) is 4.51. The summed E-state index contributed by atoms with van der Waals surface area (Å²) in [5.74, 6) is 1.55. The lowest BCUT2D eigenvalue weighted by Crippen LogP contribution is -2.36. The molecule has 0 amide bonds. The fourth-order valence-electron chi connectivity index (χ4n) is 4.51. The monoisotopic (exact) mass is 488 g/mol. The normalized spacial score (nSPS) is 12.8. The van der Waals surface area contributed by atoms with Crippen LogP contribution < -0.4 is 10.3 Å². The molecule has 4 rings (SSSR count). The van der Waals surface area contributed by atoms with E-state index in [2.05, 4.69) is 65.2 Å². The number of nitrogens with one attached hydrogen (secondary N) is 1. The van der Waals surface area contributed by atoms with Crippen LogP contribution in [0.5, 0.6) is 5.75 Å². The zero-order valence-corrected chi connectivity index (χ0v) is 21.9. The van der Waals surface area contributed by atoms with Crippen LogP contribution in [0.15, 0.2) is 59.4 Å². The fraction of sp³-hybridized carbons (Fsp3) is 0.429. The van der Waals surface area contributed by atoms with Crippen molar-refractivity contribution in [2.45, 2.75) is 71.6 Å². The topological polar surface area (TPSA) is 88.9 Å². The number of hydrogen-bond donors (Lipinski definition) is 1. The zero-order chi connectivity index (χ0) is 25.7. The Bertz CT molecular complexity index is 1350. The first-order valence-corrected chi connectivity index (χ1v) is 12.6. The van der Waals surface area contributed by atoms with Gasteiger partial charge in [-0.1, -0.05) is 50.6 Å². The van der Waals surface area contributed by atoms with Crippen LogP contribution in [-0.4, -0.2) is 37.2 Å². The molecular weight excluding hydrogens is 452 g/mol. The van der Waals surface area contributed by atoms with Gasteiger partial charge in [0.2, 0.25) is 0 Å². The van der Waals surface area contributed by atoms with Gasteiger partial charge in [-0.2, -0.15) is 0 Å². The van der Waals surface area contributed by atoms with Crippen LogP contribution in [0.4, 0.5) is 0 Å². The number of H-pyrrole nitrogens is 1. The quantitative estimate of drug-likeness (QED) is 0.312. The lowest BCUT2D eigenvalue weighted by Gasteiger charge is -2.33. The third kappa shape index (κ3) is 5.49. The molecule has 0 saturated heterocycles. The van der Waals surface area contributed by atoms with Gasteiger partial charge in [0.15, 0.2) is 5.82 Å². The van der Waals surface area contributed by atoms with E-state index in [-0.39, 0.29) is 17.1 Å². The highest BCUT2D eigenvalue weighted by atomic mass is 16.5. The molecule has 0 fully saturated rings. The Hall–Kier alpha value is -3.52. The van der Waals surface area contributed by atoms with Gasteiger partial charge in [-0.25, -0.2) is 4.68 Å². The number of ether oxygens (including phenoxy) is 1. The van der Waals surface area contributed by atoms with Crippen LogP contribution in [0, 0.1) is 0 Å². The molecule has 2 heterocycles. The van der Waals surface area contributed by atoms with Crippen LogP contribution >= 0.6 is 0 Å². The molecule has 4 aromatic rings. The maximum Gasteiger partial charge on any atom is 0.252 e. The first-order valence-electron chi connectivity index (χ1n) is 12.6. The number of nitrogens with zero attached hydrogens (tertiary/aromatic N) is 5. The van der Waals surface area contributed by atoms with Crippen molar-refractivity contribution in [1.29, 1.82) is 0 Å². The number of tetrazole rings is 1. The Labute approximate surface area is 212 Å². The highest BCUT2D eigenvalue weighted by Gasteiger charge is 2.31. The van der Waals surface area contributed by atoms with Crippen molar-refractivity contribution in [3.05, 3.63) is 81.9 Å². The first-order chi connectivity index (χ1) is 17.4. The van der Waals surface area contributed by atoms with Crippen molar-refractivity contribution in [3.63, 3.8) is 0 Å². The van der Waals surface area contributed by atoms with E-state index in [9.17, 15) is 4.79 Å². The minimum Gasteiger partial charge on any atom is -0.497 e. The average molecular weight is 489 g/mol. The summed E-state index contributed by atoms with van der Waals surface area (Å²) in [5, 5.41) is 13.9. The van der Waals surface area contributed by atoms with Gasteiger partial charge in [0.05, 0.1) is 24.2 Å². The SMILES string of the molecule is CCCC(c1nnnn1C(C)(C)CC)N(Cc1ccccc1)Cc1cc2ccc(OC)cc2[nH]c1=O. The van der Waals surface area contributed by atoms with Crippen LogP contribution in [0.1, 0.15) is 70.0 Å². The van der Waals surface area contributed by atoms with E-state index >= 15 is 0 Å². The molecule has 1 unspecified atom stereocenters. The molecule has 0 aliphatic heterocycles. The number of hydrogen-bond acceptors (Lipinski definition) is 6. The van der Waals surface area contributed by atoms with Gasteiger partial charge < -0.3 is 9.72 Å². The van der Waals surface area contributed by atoms with Crippen molar-refractivity contribution in [1.82, 2.24) is 30.1 Å². The molecule has 0 spiro atoms. The van der Waals surface area contributed by atoms with E-state index in [1.165, 1.54) is 5.56 Å². The second-order valence-electron chi connectivity index (χ2n) is 9.89. The molecule has 0 bridgehead atoms. The Kier molecular flexibility index (Phi) is 7.84. The molecule has 0 aliphatic carbocycles. The molecule has 2 aromatic heterocycles. The van der Waals surface area contributed by atoms with Gasteiger partial charge in [-0.15, -0.1) is 5.10 Å². The number of rotatable bonds is 11. The number of aromatic amines is 1. The van der Waals surface area contributed by atoms with Crippen molar-refractivity contribution >= 4 is 10.9 Å². The molecule has 190 valence electrons. The summed E-state index contributed by atoms with van der Waals surface area (Å²) < 4.78 is 7.28. The number of aromatic nitrogens is 5. The van der Waals surface area contributed by atoms with E-state index in [0.717, 1.165) is 36.0 Å². The van der Waals surface area contributed by atoms with Crippen molar-refractivity contribution < 1.29 is 4.74 Å². The number of benzene rings is 2. The Morgan fingerprint density at radius 1 is 1.08 bits per heavy atom. The maximum atomic E-state index is 13.2. The zero-order valence-electron chi connectivity index (χ0n) is 21.9. The van der Waals surface area contributed by atoms with Gasteiger partial charge in [-0.3, -0.25) is 9.69 Å². The predicted molar refractivity (Wildman–Crippen MR) is 142 cm³/mol. The average Bonchev–Trinajstić information content (AvgIpc) is 3.38. The molecule has 8 heteroatoms. The maximum absolute atomic E-state index is 13.2. The second kappa shape index (κ2) is 11.0. The summed E-state index contributed by atoms with van der Waals surface area (Å²) in [6.45, 7) is 9.76. The highest BCUT2D eigenvalue weighted by molar-refractivity contribution is 5.80. The molecule has 1 atom stereocenters. The van der Waals surface area contributed by atoms with Gasteiger partial charge in [-0.05, 0) is 66.3 Å². The van der Waals surface area contributed by atoms with Gasteiger partial charge >= 0.3 is 0 Å². The van der Waals surface area contributed by atoms with Crippen LogP contribution in [0.3, 0.4) is 0 Å². The summed E-state index contributed by atoms with van der Waals surface area (Å²) in [6, 6.07) is 18.0. The van der Waals surface area contributed by atoms with Crippen molar-refractivity contribution in [2.75, 3.05) is 7.11 Å². The summed E-state index contributed by atoms with van der Waals surface area (Å²) in [7, 11) is 1.62.